The van der Waals surface area contributed by atoms with E-state index in [4.69, 9.17) is 9.47 Å². The number of hydrogen-bond acceptors (Lipinski definition) is 2. The first kappa shape index (κ1) is 6.46. The molecule has 0 atom stereocenters. The normalized spacial score (nSPS) is 19.4. The van der Waals surface area contributed by atoms with Gasteiger partial charge in [-0.15, -0.1) is 0 Å². The third kappa shape index (κ3) is 1.96. The van der Waals surface area contributed by atoms with Crippen molar-refractivity contribution in [1.82, 2.24) is 0 Å². The minimum atomic E-state index is 0.688. The Balaban J connectivity index is 2.37. The van der Waals surface area contributed by atoms with Gasteiger partial charge in [0.05, 0.1) is 13.7 Å². The van der Waals surface area contributed by atoms with Gasteiger partial charge in [-0.25, -0.2) is 0 Å². The van der Waals surface area contributed by atoms with Crippen LogP contribution in [0.1, 0.15) is 19.3 Å². The van der Waals surface area contributed by atoms with Gasteiger partial charge in [0.2, 0.25) is 0 Å². The molecule has 1 aliphatic rings. The molecule has 52 valence electrons. The Bertz CT molecular complexity index is 107. The fourth-order valence-corrected chi connectivity index (χ4v) is 0.840. The Labute approximate surface area is 55.5 Å². The molecule has 0 aliphatic carbocycles. The Hall–Kier alpha value is -0.660. The third-order valence-corrected chi connectivity index (χ3v) is 1.35. The van der Waals surface area contributed by atoms with Crippen molar-refractivity contribution in [3.63, 3.8) is 0 Å². The van der Waals surface area contributed by atoms with Crippen molar-refractivity contribution in [2.75, 3.05) is 13.7 Å². The van der Waals surface area contributed by atoms with Crippen molar-refractivity contribution < 1.29 is 9.47 Å². The van der Waals surface area contributed by atoms with E-state index >= 15 is 0 Å². The third-order valence-electron chi connectivity index (χ3n) is 1.35. The van der Waals surface area contributed by atoms with E-state index in [1.165, 1.54) is 6.42 Å². The van der Waals surface area contributed by atoms with Gasteiger partial charge in [0.25, 0.3) is 5.95 Å². The highest BCUT2D eigenvalue weighted by atomic mass is 16.7. The molecule has 1 rings (SSSR count). The van der Waals surface area contributed by atoms with Gasteiger partial charge in [-0.2, -0.15) is 0 Å². The summed E-state index contributed by atoms with van der Waals surface area (Å²) in [7, 11) is 1.64. The van der Waals surface area contributed by atoms with Crippen LogP contribution >= 0.6 is 0 Å². The molecule has 0 radical (unpaired) electrons. The molecule has 0 unspecified atom stereocenters. The Morgan fingerprint density at radius 3 is 3.22 bits per heavy atom. The fourth-order valence-electron chi connectivity index (χ4n) is 0.840. The van der Waals surface area contributed by atoms with E-state index in [0.29, 0.717) is 5.95 Å². The molecule has 1 heterocycles. The fraction of sp³-hybridized carbons (Fsp3) is 0.714. The van der Waals surface area contributed by atoms with Crippen molar-refractivity contribution in [2.24, 2.45) is 0 Å². The van der Waals surface area contributed by atoms with Crippen molar-refractivity contribution in [1.29, 1.82) is 0 Å². The second-order valence-electron chi connectivity index (χ2n) is 2.07. The minimum Gasteiger partial charge on any atom is -0.469 e. The summed E-state index contributed by atoms with van der Waals surface area (Å²) in [6.45, 7) is 0.805. The second-order valence-corrected chi connectivity index (χ2v) is 2.07. The first-order valence-electron chi connectivity index (χ1n) is 3.30. The molecule has 0 bridgehead atoms. The SMILES string of the molecule is COC1=CCCCCO1. The molecular formula is C7H12O2. The zero-order chi connectivity index (χ0) is 6.53. The van der Waals surface area contributed by atoms with E-state index in [1.807, 2.05) is 6.08 Å². The van der Waals surface area contributed by atoms with Crippen LogP contribution < -0.4 is 0 Å². The van der Waals surface area contributed by atoms with E-state index in [2.05, 4.69) is 0 Å². The van der Waals surface area contributed by atoms with E-state index in [-0.39, 0.29) is 0 Å². The smallest absolute Gasteiger partial charge is 0.274 e. The van der Waals surface area contributed by atoms with Crippen LogP contribution in [0.15, 0.2) is 12.0 Å². The van der Waals surface area contributed by atoms with Crippen LogP contribution in [-0.4, -0.2) is 13.7 Å². The molecule has 2 nitrogen and oxygen atoms in total. The first-order valence-corrected chi connectivity index (χ1v) is 3.30. The zero-order valence-electron chi connectivity index (χ0n) is 5.72. The Morgan fingerprint density at radius 1 is 1.56 bits per heavy atom. The molecule has 1 aliphatic heterocycles. The maximum atomic E-state index is 5.19. The Kier molecular flexibility index (Phi) is 2.43. The molecule has 0 amide bonds. The molecule has 0 aromatic rings. The van der Waals surface area contributed by atoms with Crippen LogP contribution in [0, 0.1) is 0 Å². The molecule has 0 aromatic heterocycles. The van der Waals surface area contributed by atoms with Crippen molar-refractivity contribution in [3.8, 4) is 0 Å². The maximum Gasteiger partial charge on any atom is 0.274 e. The van der Waals surface area contributed by atoms with E-state index in [9.17, 15) is 0 Å². The van der Waals surface area contributed by atoms with Gasteiger partial charge in [-0.3, -0.25) is 0 Å². The first-order chi connectivity index (χ1) is 4.43. The number of rotatable bonds is 1. The van der Waals surface area contributed by atoms with E-state index < -0.39 is 0 Å². The largest absolute Gasteiger partial charge is 0.469 e. The minimum absolute atomic E-state index is 0.688. The maximum absolute atomic E-state index is 5.19. The van der Waals surface area contributed by atoms with Crippen LogP contribution in [-0.2, 0) is 9.47 Å². The number of allylic oxidation sites excluding steroid dienone is 1. The van der Waals surface area contributed by atoms with E-state index in [1.54, 1.807) is 7.11 Å². The lowest BCUT2D eigenvalue weighted by molar-refractivity contribution is 0.0641. The lowest BCUT2D eigenvalue weighted by atomic mass is 10.2. The average Bonchev–Trinajstić information content (AvgIpc) is 2.13. The van der Waals surface area contributed by atoms with Crippen molar-refractivity contribution >= 4 is 0 Å². The van der Waals surface area contributed by atoms with Crippen molar-refractivity contribution in [2.45, 2.75) is 19.3 Å². The summed E-state index contributed by atoms with van der Waals surface area (Å²) >= 11 is 0. The van der Waals surface area contributed by atoms with Crippen LogP contribution in [0.4, 0.5) is 0 Å². The summed E-state index contributed by atoms with van der Waals surface area (Å²) < 4.78 is 10.1. The summed E-state index contributed by atoms with van der Waals surface area (Å²) in [5, 5.41) is 0. The summed E-state index contributed by atoms with van der Waals surface area (Å²) in [4.78, 5) is 0. The molecule has 2 heteroatoms. The summed E-state index contributed by atoms with van der Waals surface area (Å²) in [6.07, 6.45) is 5.44. The summed E-state index contributed by atoms with van der Waals surface area (Å²) in [5.41, 5.74) is 0. The molecule has 0 aromatic carbocycles. The van der Waals surface area contributed by atoms with Crippen LogP contribution in [0.25, 0.3) is 0 Å². The van der Waals surface area contributed by atoms with Crippen LogP contribution in [0.2, 0.25) is 0 Å². The van der Waals surface area contributed by atoms with Crippen LogP contribution in [0.5, 0.6) is 0 Å². The average molecular weight is 128 g/mol. The quantitative estimate of drug-likeness (QED) is 0.535. The van der Waals surface area contributed by atoms with Gasteiger partial charge in [0.15, 0.2) is 0 Å². The van der Waals surface area contributed by atoms with Gasteiger partial charge in [-0.05, 0) is 25.3 Å². The molecular weight excluding hydrogens is 116 g/mol. The summed E-state index contributed by atoms with van der Waals surface area (Å²) in [6, 6.07) is 0. The summed E-state index contributed by atoms with van der Waals surface area (Å²) in [5.74, 6) is 0.688. The van der Waals surface area contributed by atoms with Gasteiger partial charge >= 0.3 is 0 Å². The predicted molar refractivity (Wildman–Crippen MR) is 34.9 cm³/mol. The standard InChI is InChI=1S/C7H12O2/c1-8-7-5-3-2-4-6-9-7/h5H,2-4,6H2,1H3. The highest BCUT2D eigenvalue weighted by molar-refractivity contribution is 4.85. The van der Waals surface area contributed by atoms with Crippen molar-refractivity contribution in [3.05, 3.63) is 12.0 Å². The zero-order valence-corrected chi connectivity index (χ0v) is 5.72. The van der Waals surface area contributed by atoms with Gasteiger partial charge in [-0.1, -0.05) is 0 Å². The Morgan fingerprint density at radius 2 is 2.44 bits per heavy atom. The topological polar surface area (TPSA) is 18.5 Å². The van der Waals surface area contributed by atoms with Crippen LogP contribution in [0.3, 0.4) is 0 Å². The van der Waals surface area contributed by atoms with E-state index in [0.717, 1.165) is 19.4 Å². The lowest BCUT2D eigenvalue weighted by Crippen LogP contribution is -1.93. The molecule has 0 N–H and O–H groups in total. The highest BCUT2D eigenvalue weighted by Crippen LogP contribution is 2.09. The molecule has 0 saturated carbocycles. The van der Waals surface area contributed by atoms with Gasteiger partial charge < -0.3 is 9.47 Å². The second kappa shape index (κ2) is 3.38. The monoisotopic (exact) mass is 128 g/mol. The number of methoxy groups -OCH3 is 1. The predicted octanol–water partition coefficient (Wildman–Crippen LogP) is 1.67. The lowest BCUT2D eigenvalue weighted by Gasteiger charge is -2.03. The van der Waals surface area contributed by atoms with Gasteiger partial charge in [0, 0.05) is 0 Å². The molecule has 9 heavy (non-hydrogen) atoms. The molecule has 0 spiro atoms. The van der Waals surface area contributed by atoms with Gasteiger partial charge in [0.1, 0.15) is 0 Å². The number of ether oxygens (including phenoxy) is 2. The molecule has 0 fully saturated rings. The number of hydrogen-bond donors (Lipinski definition) is 0. The highest BCUT2D eigenvalue weighted by Gasteiger charge is 2.00. The molecule has 0 saturated heterocycles.